The largest absolute Gasteiger partial charge is 0.480 e. The monoisotopic (exact) mass is 423 g/mol. The Morgan fingerprint density at radius 3 is 2.32 bits per heavy atom. The lowest BCUT2D eigenvalue weighted by molar-refractivity contribution is -0.142. The molecular weight excluding hydrogens is 398 g/mol. The summed E-state index contributed by atoms with van der Waals surface area (Å²) >= 11 is 0. The summed E-state index contributed by atoms with van der Waals surface area (Å²) in [5.41, 5.74) is 1.80. The molecule has 0 saturated carbocycles. The van der Waals surface area contributed by atoms with E-state index >= 15 is 0 Å². The van der Waals surface area contributed by atoms with E-state index in [-0.39, 0.29) is 18.9 Å². The summed E-state index contributed by atoms with van der Waals surface area (Å²) in [6.07, 6.45) is -0.772. The van der Waals surface area contributed by atoms with Gasteiger partial charge in [-0.25, -0.2) is 9.59 Å². The number of alkyl carbamates (subject to hydrolysis) is 1. The van der Waals surface area contributed by atoms with E-state index < -0.39 is 30.1 Å². The third-order valence-corrected chi connectivity index (χ3v) is 4.55. The van der Waals surface area contributed by atoms with Crippen molar-refractivity contribution in [1.82, 2.24) is 10.6 Å². The third kappa shape index (κ3) is 7.48. The highest BCUT2D eigenvalue weighted by Crippen LogP contribution is 2.09. The molecule has 2 aromatic carbocycles. The second kappa shape index (κ2) is 11.4. The molecule has 3 N–H and O–H groups in total. The predicted octanol–water partition coefficient (Wildman–Crippen LogP) is 2.62. The van der Waals surface area contributed by atoms with E-state index in [1.165, 1.54) is 0 Å². The van der Waals surface area contributed by atoms with Gasteiger partial charge in [-0.3, -0.25) is 4.79 Å². The van der Waals surface area contributed by atoms with Gasteiger partial charge in [0.25, 0.3) is 0 Å². The Bertz CT molecular complexity index is 953. The first kappa shape index (κ1) is 23.4. The Kier molecular flexibility index (Phi) is 8.58. The van der Waals surface area contributed by atoms with Crippen molar-refractivity contribution in [3.8, 4) is 6.07 Å². The number of hydrogen-bond acceptors (Lipinski definition) is 5. The van der Waals surface area contributed by atoms with E-state index in [2.05, 4.69) is 10.6 Å². The summed E-state index contributed by atoms with van der Waals surface area (Å²) in [4.78, 5) is 36.6. The van der Waals surface area contributed by atoms with Crippen molar-refractivity contribution < 1.29 is 24.2 Å². The van der Waals surface area contributed by atoms with Gasteiger partial charge in [0.1, 0.15) is 18.7 Å². The molecule has 2 aromatic rings. The lowest BCUT2D eigenvalue weighted by Crippen LogP contribution is -2.54. The van der Waals surface area contributed by atoms with Crippen LogP contribution in [0.2, 0.25) is 0 Å². The van der Waals surface area contributed by atoms with Gasteiger partial charge < -0.3 is 20.5 Å². The van der Waals surface area contributed by atoms with Crippen LogP contribution in [0.15, 0.2) is 54.6 Å². The minimum atomic E-state index is -1.22. The fourth-order valence-electron chi connectivity index (χ4n) is 2.89. The molecule has 2 amide bonds. The molecule has 0 fully saturated rings. The average molecular weight is 423 g/mol. The van der Waals surface area contributed by atoms with Gasteiger partial charge in [0.05, 0.1) is 11.6 Å². The lowest BCUT2D eigenvalue weighted by Gasteiger charge is -2.24. The quantitative estimate of drug-likeness (QED) is 0.569. The first-order valence-electron chi connectivity index (χ1n) is 9.79. The summed E-state index contributed by atoms with van der Waals surface area (Å²) in [5.74, 6) is -2.15. The molecule has 31 heavy (non-hydrogen) atoms. The molecule has 0 aliphatic rings. The standard InChI is InChI=1S/C23H25N3O5/c1-15(2)20(26-23(30)31-14-16-7-4-3-5-8-16)21(27)25-19(22(28)29)12-17-9-6-10-18(11-17)13-24/h3-11,15,19-20H,12,14H2,1-2H3,(H,25,27)(H,26,30)(H,28,29)/t19-,20-/m0/s1. The number of carboxylic acids is 1. The van der Waals surface area contributed by atoms with E-state index in [0.29, 0.717) is 11.1 Å². The maximum Gasteiger partial charge on any atom is 0.408 e. The van der Waals surface area contributed by atoms with E-state index in [1.54, 1.807) is 50.2 Å². The molecule has 0 bridgehead atoms. The van der Waals surface area contributed by atoms with Crippen LogP contribution in [0.25, 0.3) is 0 Å². The Labute approximate surface area is 180 Å². The molecule has 8 heteroatoms. The number of benzene rings is 2. The summed E-state index contributed by atoms with van der Waals surface area (Å²) < 4.78 is 5.16. The predicted molar refractivity (Wildman–Crippen MR) is 113 cm³/mol. The number of aliphatic carboxylic acids is 1. The maximum absolute atomic E-state index is 12.7. The van der Waals surface area contributed by atoms with Crippen LogP contribution in [0.3, 0.4) is 0 Å². The van der Waals surface area contributed by atoms with Crippen LogP contribution in [0.5, 0.6) is 0 Å². The Balaban J connectivity index is 2.00. The zero-order chi connectivity index (χ0) is 22.8. The molecule has 0 aliphatic carbocycles. The highest BCUT2D eigenvalue weighted by molar-refractivity contribution is 5.89. The molecule has 2 atom stereocenters. The molecule has 8 nitrogen and oxygen atoms in total. The maximum atomic E-state index is 12.7. The molecule has 2 rings (SSSR count). The number of rotatable bonds is 9. The topological polar surface area (TPSA) is 129 Å². The highest BCUT2D eigenvalue weighted by Gasteiger charge is 2.29. The second-order valence-corrected chi connectivity index (χ2v) is 7.34. The van der Waals surface area contributed by atoms with Gasteiger partial charge in [-0.05, 0) is 29.2 Å². The van der Waals surface area contributed by atoms with Crippen molar-refractivity contribution in [2.45, 2.75) is 39.0 Å². The molecular formula is C23H25N3O5. The normalized spacial score (nSPS) is 12.3. The fraction of sp³-hybridized carbons (Fsp3) is 0.304. The molecule has 0 unspecified atom stereocenters. The van der Waals surface area contributed by atoms with Gasteiger partial charge >= 0.3 is 12.1 Å². The van der Waals surface area contributed by atoms with Crippen LogP contribution in [0.1, 0.15) is 30.5 Å². The number of nitriles is 1. The van der Waals surface area contributed by atoms with E-state index in [0.717, 1.165) is 5.56 Å². The van der Waals surface area contributed by atoms with Crippen molar-refractivity contribution in [1.29, 1.82) is 5.26 Å². The number of nitrogens with zero attached hydrogens (tertiary/aromatic N) is 1. The molecule has 0 aromatic heterocycles. The fourth-order valence-corrected chi connectivity index (χ4v) is 2.89. The second-order valence-electron chi connectivity index (χ2n) is 7.34. The molecule has 0 heterocycles. The zero-order valence-electron chi connectivity index (χ0n) is 17.4. The van der Waals surface area contributed by atoms with Gasteiger partial charge in [0.2, 0.25) is 5.91 Å². The molecule has 0 saturated heterocycles. The number of carbonyl (C=O) groups excluding carboxylic acids is 2. The molecule has 162 valence electrons. The van der Waals surface area contributed by atoms with Crippen LogP contribution in [0, 0.1) is 17.2 Å². The van der Waals surface area contributed by atoms with Gasteiger partial charge in [-0.1, -0.05) is 56.3 Å². The molecule has 0 spiro atoms. The van der Waals surface area contributed by atoms with Crippen molar-refractivity contribution in [2.24, 2.45) is 5.92 Å². The minimum Gasteiger partial charge on any atom is -0.480 e. The number of carbonyl (C=O) groups is 3. The van der Waals surface area contributed by atoms with Crippen LogP contribution >= 0.6 is 0 Å². The summed E-state index contributed by atoms with van der Waals surface area (Å²) in [5, 5.41) is 23.5. The van der Waals surface area contributed by atoms with Gasteiger partial charge in [-0.15, -0.1) is 0 Å². The smallest absolute Gasteiger partial charge is 0.408 e. The average Bonchev–Trinajstić information content (AvgIpc) is 2.76. The zero-order valence-corrected chi connectivity index (χ0v) is 17.4. The minimum absolute atomic E-state index is 0.000137. The van der Waals surface area contributed by atoms with Crippen molar-refractivity contribution in [2.75, 3.05) is 0 Å². The summed E-state index contributed by atoms with van der Waals surface area (Å²) in [6.45, 7) is 3.51. The van der Waals surface area contributed by atoms with E-state index in [9.17, 15) is 19.5 Å². The Morgan fingerprint density at radius 1 is 1.03 bits per heavy atom. The molecule has 0 radical (unpaired) electrons. The third-order valence-electron chi connectivity index (χ3n) is 4.55. The Morgan fingerprint density at radius 2 is 1.71 bits per heavy atom. The van der Waals surface area contributed by atoms with Crippen molar-refractivity contribution in [3.05, 3.63) is 71.3 Å². The SMILES string of the molecule is CC(C)[C@H](NC(=O)OCc1ccccc1)C(=O)N[C@@H](Cc1cccc(C#N)c1)C(=O)O. The van der Waals surface area contributed by atoms with Gasteiger partial charge in [0.15, 0.2) is 0 Å². The van der Waals surface area contributed by atoms with E-state index in [1.807, 2.05) is 24.3 Å². The van der Waals surface area contributed by atoms with Gasteiger partial charge in [0, 0.05) is 6.42 Å². The summed E-state index contributed by atoms with van der Waals surface area (Å²) in [7, 11) is 0. The first-order valence-corrected chi connectivity index (χ1v) is 9.79. The van der Waals surface area contributed by atoms with Crippen LogP contribution in [-0.4, -0.2) is 35.2 Å². The van der Waals surface area contributed by atoms with Crippen LogP contribution in [0.4, 0.5) is 4.79 Å². The van der Waals surface area contributed by atoms with Gasteiger partial charge in [-0.2, -0.15) is 5.26 Å². The number of amides is 2. The molecule has 0 aliphatic heterocycles. The highest BCUT2D eigenvalue weighted by atomic mass is 16.5. The number of ether oxygens (including phenoxy) is 1. The van der Waals surface area contributed by atoms with Crippen molar-refractivity contribution >= 4 is 18.0 Å². The van der Waals surface area contributed by atoms with Crippen LogP contribution in [-0.2, 0) is 27.4 Å². The number of carboxylic acid groups (broad SMARTS) is 1. The Hall–Kier alpha value is -3.86. The number of nitrogens with one attached hydrogen (secondary N) is 2. The van der Waals surface area contributed by atoms with Crippen LogP contribution < -0.4 is 10.6 Å². The first-order chi connectivity index (χ1) is 14.8. The lowest BCUT2D eigenvalue weighted by atomic mass is 10.0. The number of hydrogen-bond donors (Lipinski definition) is 3. The summed E-state index contributed by atoms with van der Waals surface area (Å²) in [6, 6.07) is 15.4. The van der Waals surface area contributed by atoms with Crippen molar-refractivity contribution in [3.63, 3.8) is 0 Å². The van der Waals surface area contributed by atoms with E-state index in [4.69, 9.17) is 10.00 Å².